The quantitative estimate of drug-likeness (QED) is 0.328. The largest absolute Gasteiger partial charge is 0.478 e. The Balaban J connectivity index is 1.70. The minimum absolute atomic E-state index is 0.0190. The molecule has 0 spiro atoms. The van der Waals surface area contributed by atoms with Gasteiger partial charge in [0.1, 0.15) is 5.69 Å². The van der Waals surface area contributed by atoms with Gasteiger partial charge in [0.25, 0.3) is 0 Å². The van der Waals surface area contributed by atoms with Crippen LogP contribution in [0.25, 0.3) is 22.4 Å². The second kappa shape index (κ2) is 8.87. The maximum Gasteiger partial charge on any atom is 0.337 e. The Hall–Kier alpha value is -4.60. The van der Waals surface area contributed by atoms with Crippen LogP contribution in [0.4, 0.5) is 14.5 Å². The molecule has 0 saturated heterocycles. The smallest absolute Gasteiger partial charge is 0.337 e. The molecule has 1 heterocycles. The van der Waals surface area contributed by atoms with E-state index in [1.807, 2.05) is 0 Å². The van der Waals surface area contributed by atoms with Crippen molar-refractivity contribution in [3.63, 3.8) is 0 Å². The zero-order chi connectivity index (χ0) is 23.5. The molecule has 0 aliphatic heterocycles. The van der Waals surface area contributed by atoms with Gasteiger partial charge in [-0.2, -0.15) is 15.4 Å². The van der Waals surface area contributed by atoms with E-state index >= 15 is 0 Å². The summed E-state index contributed by atoms with van der Waals surface area (Å²) in [4.78, 5) is 23.4. The highest BCUT2D eigenvalue weighted by Gasteiger charge is 2.16. The second-order valence-corrected chi connectivity index (χ2v) is 7.08. The number of benzene rings is 3. The first-order valence-electron chi connectivity index (χ1n) is 9.62. The summed E-state index contributed by atoms with van der Waals surface area (Å²) in [5.41, 5.74) is 2.49. The van der Waals surface area contributed by atoms with Crippen LogP contribution in [0.15, 0.2) is 60.8 Å². The van der Waals surface area contributed by atoms with Crippen LogP contribution in [-0.2, 0) is 6.54 Å². The van der Waals surface area contributed by atoms with Crippen LogP contribution in [0.2, 0.25) is 0 Å². The maximum atomic E-state index is 13.7. The van der Waals surface area contributed by atoms with Gasteiger partial charge >= 0.3 is 11.9 Å². The van der Waals surface area contributed by atoms with Crippen molar-refractivity contribution in [3.8, 4) is 22.4 Å². The lowest BCUT2D eigenvalue weighted by molar-refractivity contribution is 0.0685. The van der Waals surface area contributed by atoms with Gasteiger partial charge < -0.3 is 15.5 Å². The number of rotatable bonds is 7. The van der Waals surface area contributed by atoms with Gasteiger partial charge in [0.05, 0.1) is 17.3 Å². The predicted molar refractivity (Wildman–Crippen MR) is 115 cm³/mol. The summed E-state index contributed by atoms with van der Waals surface area (Å²) < 4.78 is 27.0. The average Bonchev–Trinajstić information content (AvgIpc) is 3.34. The third-order valence-corrected chi connectivity index (χ3v) is 5.02. The van der Waals surface area contributed by atoms with Crippen LogP contribution in [0, 0.1) is 11.6 Å². The van der Waals surface area contributed by atoms with E-state index in [2.05, 4.69) is 20.7 Å². The molecule has 0 saturated carbocycles. The molecule has 0 amide bonds. The molecule has 0 fully saturated rings. The van der Waals surface area contributed by atoms with Crippen molar-refractivity contribution in [2.45, 2.75) is 6.54 Å². The lowest BCUT2D eigenvalue weighted by Crippen LogP contribution is -2.10. The number of carboxylic acid groups (broad SMARTS) is 2. The Morgan fingerprint density at radius 1 is 0.848 bits per heavy atom. The number of nitrogens with one attached hydrogen (secondary N) is 2. The Bertz CT molecular complexity index is 1360. The van der Waals surface area contributed by atoms with Gasteiger partial charge in [-0.3, -0.25) is 0 Å². The van der Waals surface area contributed by atoms with Gasteiger partial charge in [-0.15, -0.1) is 0 Å². The summed E-state index contributed by atoms with van der Waals surface area (Å²) in [6.07, 6.45) is 1.49. The lowest BCUT2D eigenvalue weighted by Gasteiger charge is -2.14. The zero-order valence-electron chi connectivity index (χ0n) is 16.8. The first-order chi connectivity index (χ1) is 15.8. The summed E-state index contributed by atoms with van der Waals surface area (Å²) in [5, 5.41) is 32.3. The first-order valence-corrected chi connectivity index (χ1v) is 9.62. The molecule has 4 N–H and O–H groups in total. The van der Waals surface area contributed by atoms with Crippen molar-refractivity contribution in [1.82, 2.24) is 15.4 Å². The molecule has 0 aliphatic carbocycles. The lowest BCUT2D eigenvalue weighted by atomic mass is 10.0. The monoisotopic (exact) mass is 450 g/mol. The maximum absolute atomic E-state index is 13.7. The van der Waals surface area contributed by atoms with Gasteiger partial charge in [0.15, 0.2) is 11.6 Å². The molecule has 1 aromatic heterocycles. The average molecular weight is 450 g/mol. The fourth-order valence-electron chi connectivity index (χ4n) is 3.37. The molecule has 0 radical (unpaired) electrons. The third-order valence-electron chi connectivity index (χ3n) is 5.02. The van der Waals surface area contributed by atoms with E-state index < -0.39 is 23.6 Å². The Morgan fingerprint density at radius 2 is 1.52 bits per heavy atom. The highest BCUT2D eigenvalue weighted by Crippen LogP contribution is 2.28. The minimum atomic E-state index is -1.20. The number of hydrogen-bond acceptors (Lipinski definition) is 5. The van der Waals surface area contributed by atoms with E-state index in [0.717, 1.165) is 12.1 Å². The molecule has 33 heavy (non-hydrogen) atoms. The van der Waals surface area contributed by atoms with Gasteiger partial charge in [0.2, 0.25) is 0 Å². The van der Waals surface area contributed by atoms with E-state index in [0.29, 0.717) is 27.9 Å². The van der Waals surface area contributed by atoms with Crippen LogP contribution in [0.1, 0.15) is 26.3 Å². The predicted octanol–water partition coefficient (Wildman–Crippen LogP) is 4.43. The van der Waals surface area contributed by atoms with E-state index in [-0.39, 0.29) is 23.4 Å². The van der Waals surface area contributed by atoms with Crippen LogP contribution in [0.5, 0.6) is 0 Å². The van der Waals surface area contributed by atoms with Crippen LogP contribution >= 0.6 is 0 Å². The molecule has 0 unspecified atom stereocenters. The summed E-state index contributed by atoms with van der Waals surface area (Å²) in [5.74, 6) is -4.37. The van der Waals surface area contributed by atoms with Crippen molar-refractivity contribution >= 4 is 17.6 Å². The highest BCUT2D eigenvalue weighted by molar-refractivity contribution is 5.95. The summed E-state index contributed by atoms with van der Waals surface area (Å²) in [6, 6.07) is 12.3. The first kappa shape index (κ1) is 21.6. The Morgan fingerprint density at radius 3 is 2.18 bits per heavy atom. The number of aromatic nitrogens is 3. The zero-order valence-corrected chi connectivity index (χ0v) is 16.8. The number of H-pyrrole nitrogens is 1. The van der Waals surface area contributed by atoms with Crippen molar-refractivity contribution in [2.75, 3.05) is 5.32 Å². The number of aromatic amines is 1. The van der Waals surface area contributed by atoms with Gasteiger partial charge in [-0.1, -0.05) is 18.2 Å². The molecule has 0 bridgehead atoms. The number of carboxylic acids is 2. The molecule has 0 atom stereocenters. The van der Waals surface area contributed by atoms with E-state index in [1.165, 1.54) is 36.5 Å². The molecular formula is C23H16F2N4O4. The summed E-state index contributed by atoms with van der Waals surface area (Å²) in [6.45, 7) is -0.0190. The molecule has 8 nitrogen and oxygen atoms in total. The normalized spacial score (nSPS) is 10.7. The fourth-order valence-corrected chi connectivity index (χ4v) is 3.37. The number of halogens is 2. The number of carbonyl (C=O) groups is 2. The molecule has 10 heteroatoms. The number of hydrogen-bond donors (Lipinski definition) is 4. The van der Waals surface area contributed by atoms with Crippen molar-refractivity contribution in [2.24, 2.45) is 0 Å². The Labute approximate surface area is 185 Å². The van der Waals surface area contributed by atoms with Crippen molar-refractivity contribution in [3.05, 3.63) is 89.1 Å². The van der Waals surface area contributed by atoms with Crippen molar-refractivity contribution in [1.29, 1.82) is 0 Å². The van der Waals surface area contributed by atoms with Crippen LogP contribution in [-0.4, -0.2) is 37.6 Å². The number of nitrogens with zero attached hydrogens (tertiary/aromatic N) is 2. The fraction of sp³-hybridized carbons (Fsp3) is 0.0435. The molecule has 4 rings (SSSR count). The van der Waals surface area contributed by atoms with Crippen LogP contribution in [0.3, 0.4) is 0 Å². The van der Waals surface area contributed by atoms with Gasteiger partial charge in [-0.05, 0) is 53.1 Å². The van der Waals surface area contributed by atoms with Crippen LogP contribution < -0.4 is 5.32 Å². The third kappa shape index (κ3) is 4.54. The highest BCUT2D eigenvalue weighted by atomic mass is 19.2. The number of anilines is 1. The molecule has 166 valence electrons. The molecular weight excluding hydrogens is 434 g/mol. The minimum Gasteiger partial charge on any atom is -0.478 e. The van der Waals surface area contributed by atoms with Gasteiger partial charge in [-0.25, -0.2) is 18.4 Å². The second-order valence-electron chi connectivity index (χ2n) is 7.08. The summed E-state index contributed by atoms with van der Waals surface area (Å²) >= 11 is 0. The van der Waals surface area contributed by atoms with E-state index in [1.54, 1.807) is 12.1 Å². The van der Waals surface area contributed by atoms with E-state index in [4.69, 9.17) is 0 Å². The van der Waals surface area contributed by atoms with Gasteiger partial charge in [0, 0.05) is 17.8 Å². The SMILES string of the molecule is O=C(O)c1ccc(-c2cn[nH]n2)cc1CNc1cc(-c2ccc(F)c(F)c2)ccc1C(=O)O. The standard InChI is InChI=1S/C23H16F2N4O4/c24-18-6-3-12(8-19(18)25)13-1-5-17(23(32)33)20(9-13)26-10-15-7-14(21-11-27-29-28-21)2-4-16(15)22(30)31/h1-9,11,26H,10H2,(H,30,31)(H,32,33)(H,27,28,29). The molecule has 0 aliphatic rings. The molecule has 3 aromatic carbocycles. The topological polar surface area (TPSA) is 128 Å². The van der Waals surface area contributed by atoms with Crippen molar-refractivity contribution < 1.29 is 28.6 Å². The van der Waals surface area contributed by atoms with E-state index in [9.17, 15) is 28.6 Å². The summed E-state index contributed by atoms with van der Waals surface area (Å²) in [7, 11) is 0. The number of aromatic carboxylic acids is 2. The Kier molecular flexibility index (Phi) is 5.81. The molecule has 4 aromatic rings.